The summed E-state index contributed by atoms with van der Waals surface area (Å²) in [5, 5.41) is 17.5. The van der Waals surface area contributed by atoms with E-state index in [1.54, 1.807) is 24.7 Å². The largest absolute Gasteiger partial charge is 0.451 e. The summed E-state index contributed by atoms with van der Waals surface area (Å²) in [6, 6.07) is 22.1. The molecule has 0 saturated heterocycles. The van der Waals surface area contributed by atoms with Gasteiger partial charge in [-0.3, -0.25) is 14.9 Å². The molecule has 1 atom stereocenters. The van der Waals surface area contributed by atoms with E-state index in [4.69, 9.17) is 9.15 Å². The molecule has 0 unspecified atom stereocenters. The number of carbonyl (C=O) groups excluding carboxylic acids is 2. The van der Waals surface area contributed by atoms with Crippen molar-refractivity contribution in [2.75, 3.05) is 13.1 Å². The SMILES string of the molecule is C[CH]CCCC[CH]N(C[C@H](CCCNC(=O)OCc1ccccc1)NC(=O)c1cc2ccccc2o1)S(=O)(=O)c1ccc([N+](=O)[O-])cc1. The first kappa shape index (κ1) is 36.1. The van der Waals surface area contributed by atoms with Crippen LogP contribution in [0.1, 0.15) is 61.6 Å². The molecule has 0 bridgehead atoms. The van der Waals surface area contributed by atoms with Crippen LogP contribution < -0.4 is 10.6 Å². The molecule has 4 aromatic rings. The summed E-state index contributed by atoms with van der Waals surface area (Å²) in [6.45, 7) is 3.76. The molecule has 2 N–H and O–H groups in total. The van der Waals surface area contributed by atoms with Gasteiger partial charge >= 0.3 is 6.09 Å². The van der Waals surface area contributed by atoms with E-state index in [2.05, 4.69) is 10.6 Å². The Morgan fingerprint density at radius 3 is 2.40 bits per heavy atom. The van der Waals surface area contributed by atoms with Gasteiger partial charge < -0.3 is 19.8 Å². The van der Waals surface area contributed by atoms with E-state index < -0.39 is 33.0 Å². The van der Waals surface area contributed by atoms with Crippen molar-refractivity contribution in [1.29, 1.82) is 0 Å². The van der Waals surface area contributed by atoms with Crippen molar-refractivity contribution < 1.29 is 32.1 Å². The number of benzene rings is 3. The minimum Gasteiger partial charge on any atom is -0.451 e. The Kier molecular flexibility index (Phi) is 13.5. The predicted octanol–water partition coefficient (Wildman–Crippen LogP) is 6.78. The highest BCUT2D eigenvalue weighted by Gasteiger charge is 2.29. The number of carbonyl (C=O) groups is 2. The van der Waals surface area contributed by atoms with Crippen LogP contribution >= 0.6 is 0 Å². The third kappa shape index (κ3) is 10.6. The van der Waals surface area contributed by atoms with E-state index in [-0.39, 0.29) is 36.0 Å². The molecule has 0 spiro atoms. The zero-order chi connectivity index (χ0) is 34.4. The molecule has 254 valence electrons. The molecule has 1 aromatic heterocycles. The van der Waals surface area contributed by atoms with Gasteiger partial charge in [-0.05, 0) is 55.5 Å². The number of ether oxygens (including phenoxy) is 1. The molecule has 3 aromatic carbocycles. The second-order valence-corrected chi connectivity index (χ2v) is 13.0. The molecule has 0 aliphatic heterocycles. The fourth-order valence-corrected chi connectivity index (χ4v) is 6.39. The number of rotatable bonds is 19. The first-order chi connectivity index (χ1) is 23.2. The Labute approximate surface area is 280 Å². The molecule has 2 radical (unpaired) electrons. The Bertz CT molecular complexity index is 1710. The van der Waals surface area contributed by atoms with Gasteiger partial charge in [-0.2, -0.15) is 4.31 Å². The van der Waals surface area contributed by atoms with Crippen LogP contribution in [0.4, 0.5) is 10.5 Å². The number of unbranched alkanes of at least 4 members (excludes halogenated alkanes) is 4. The summed E-state index contributed by atoms with van der Waals surface area (Å²) < 4.78 is 39.9. The van der Waals surface area contributed by atoms with Crippen LogP contribution in [0.25, 0.3) is 11.0 Å². The van der Waals surface area contributed by atoms with Gasteiger partial charge in [-0.25, -0.2) is 13.2 Å². The lowest BCUT2D eigenvalue weighted by atomic mass is 10.1. The number of alkyl carbamates (subject to hydrolysis) is 1. The minimum absolute atomic E-state index is 0.0772. The first-order valence-corrected chi connectivity index (χ1v) is 17.2. The van der Waals surface area contributed by atoms with Crippen LogP contribution in [0.5, 0.6) is 0 Å². The summed E-state index contributed by atoms with van der Waals surface area (Å²) in [5.74, 6) is -0.439. The number of hydrogen-bond donors (Lipinski definition) is 2. The zero-order valence-electron chi connectivity index (χ0n) is 26.7. The van der Waals surface area contributed by atoms with Crippen LogP contribution in [0, 0.1) is 23.1 Å². The number of nitro groups is 1. The van der Waals surface area contributed by atoms with Gasteiger partial charge in [-0.1, -0.05) is 74.7 Å². The molecule has 0 aliphatic carbocycles. The molecule has 0 fully saturated rings. The van der Waals surface area contributed by atoms with E-state index in [0.29, 0.717) is 24.8 Å². The molecule has 12 nitrogen and oxygen atoms in total. The van der Waals surface area contributed by atoms with Crippen molar-refractivity contribution >= 4 is 38.7 Å². The first-order valence-electron chi connectivity index (χ1n) is 15.8. The minimum atomic E-state index is -4.15. The number of fused-ring (bicyclic) bond motifs is 1. The molecule has 48 heavy (non-hydrogen) atoms. The summed E-state index contributed by atoms with van der Waals surface area (Å²) in [7, 11) is -4.15. The van der Waals surface area contributed by atoms with Crippen molar-refractivity contribution in [2.24, 2.45) is 0 Å². The molecular formula is C35H40N4O8S. The maximum atomic E-state index is 13.9. The maximum Gasteiger partial charge on any atom is 0.407 e. The smallest absolute Gasteiger partial charge is 0.407 e. The number of non-ortho nitro benzene ring substituents is 1. The average Bonchev–Trinajstić information content (AvgIpc) is 3.54. The Hall–Kier alpha value is -4.75. The highest BCUT2D eigenvalue weighted by molar-refractivity contribution is 7.89. The second-order valence-electron chi connectivity index (χ2n) is 11.2. The second kappa shape index (κ2) is 18.0. The predicted molar refractivity (Wildman–Crippen MR) is 181 cm³/mol. The molecule has 1 heterocycles. The molecule has 0 aliphatic rings. The van der Waals surface area contributed by atoms with Crippen molar-refractivity contribution in [3.05, 3.63) is 119 Å². The van der Waals surface area contributed by atoms with E-state index in [1.165, 1.54) is 16.4 Å². The van der Waals surface area contributed by atoms with E-state index >= 15 is 0 Å². The van der Waals surface area contributed by atoms with Gasteiger partial charge in [0.1, 0.15) is 12.2 Å². The average molecular weight is 677 g/mol. The lowest BCUT2D eigenvalue weighted by molar-refractivity contribution is -0.384. The topological polar surface area (TPSA) is 161 Å². The van der Waals surface area contributed by atoms with Gasteiger partial charge in [0.05, 0.1) is 9.82 Å². The number of sulfonamides is 1. The van der Waals surface area contributed by atoms with Gasteiger partial charge in [0.25, 0.3) is 11.6 Å². The molecule has 2 amide bonds. The Morgan fingerprint density at radius 2 is 1.69 bits per heavy atom. The van der Waals surface area contributed by atoms with Crippen LogP contribution in [0.2, 0.25) is 0 Å². The van der Waals surface area contributed by atoms with E-state index in [1.807, 2.05) is 55.8 Å². The van der Waals surface area contributed by atoms with Crippen molar-refractivity contribution in [3.63, 3.8) is 0 Å². The Balaban J connectivity index is 1.48. The number of hydrogen-bond acceptors (Lipinski definition) is 8. The fraction of sp³-hybridized carbons (Fsp3) is 0.314. The number of para-hydroxylation sites is 1. The summed E-state index contributed by atoms with van der Waals surface area (Å²) >= 11 is 0. The number of nitro benzene ring substituents is 1. The molecule has 13 heteroatoms. The highest BCUT2D eigenvalue weighted by atomic mass is 32.2. The van der Waals surface area contributed by atoms with Crippen LogP contribution in [-0.4, -0.2) is 48.8 Å². The summed E-state index contributed by atoms with van der Waals surface area (Å²) in [6.07, 6.45) is 5.10. The van der Waals surface area contributed by atoms with Crippen molar-refractivity contribution in [3.8, 4) is 0 Å². The fourth-order valence-electron chi connectivity index (χ4n) is 4.96. The van der Waals surface area contributed by atoms with Gasteiger partial charge in [0, 0.05) is 43.2 Å². The number of nitrogens with zero attached hydrogens (tertiary/aromatic N) is 2. The van der Waals surface area contributed by atoms with E-state index in [9.17, 15) is 28.1 Å². The third-order valence-electron chi connectivity index (χ3n) is 7.53. The van der Waals surface area contributed by atoms with Crippen molar-refractivity contribution in [2.45, 2.75) is 63.0 Å². The zero-order valence-corrected chi connectivity index (χ0v) is 27.6. The van der Waals surface area contributed by atoms with Crippen LogP contribution in [0.3, 0.4) is 0 Å². The number of amides is 2. The van der Waals surface area contributed by atoms with Crippen LogP contribution in [-0.2, 0) is 21.4 Å². The quantitative estimate of drug-likeness (QED) is 0.0624. The third-order valence-corrected chi connectivity index (χ3v) is 9.31. The lowest BCUT2D eigenvalue weighted by Crippen LogP contribution is -2.45. The number of furan rings is 1. The number of nitrogens with one attached hydrogen (secondary N) is 2. The molecular weight excluding hydrogens is 636 g/mol. The summed E-state index contributed by atoms with van der Waals surface area (Å²) in [5.41, 5.74) is 1.16. The van der Waals surface area contributed by atoms with Gasteiger partial charge in [-0.15, -0.1) is 0 Å². The van der Waals surface area contributed by atoms with Crippen LogP contribution in [0.15, 0.2) is 94.2 Å². The van der Waals surface area contributed by atoms with Gasteiger partial charge in [0.15, 0.2) is 5.76 Å². The Morgan fingerprint density at radius 1 is 0.979 bits per heavy atom. The molecule has 0 saturated carbocycles. The molecule has 4 rings (SSSR count). The lowest BCUT2D eigenvalue weighted by Gasteiger charge is -2.27. The van der Waals surface area contributed by atoms with Gasteiger partial charge in [0.2, 0.25) is 10.0 Å². The summed E-state index contributed by atoms with van der Waals surface area (Å²) in [4.78, 5) is 36.1. The standard InChI is InChI=1S/C35H40N4O8S/c1-2-3-4-5-11-23-38(48(44,45)31-20-18-30(19-21-31)39(42)43)25-29(37-34(40)33-24-28-15-9-10-17-32(28)47-33)16-12-22-36-35(41)46-26-27-13-7-6-8-14-27/h2,6-10,13-15,17-21,23-24,29H,3-5,11-12,16,22,25-26H2,1H3,(H,36,41)(H,37,40)/t29-/m0/s1. The monoisotopic (exact) mass is 676 g/mol. The maximum absolute atomic E-state index is 13.9. The van der Waals surface area contributed by atoms with Crippen molar-refractivity contribution in [1.82, 2.24) is 14.9 Å². The normalized spacial score (nSPS) is 12.1. The highest BCUT2D eigenvalue weighted by Crippen LogP contribution is 2.24. The van der Waals surface area contributed by atoms with E-state index in [0.717, 1.165) is 42.3 Å².